The monoisotopic (exact) mass is 431 g/mol. The highest BCUT2D eigenvalue weighted by molar-refractivity contribution is 7.20. The summed E-state index contributed by atoms with van der Waals surface area (Å²) < 4.78 is 8.07. The van der Waals surface area contributed by atoms with Gasteiger partial charge in [0.2, 0.25) is 5.88 Å². The molecule has 3 heterocycles. The van der Waals surface area contributed by atoms with E-state index in [2.05, 4.69) is 20.6 Å². The van der Waals surface area contributed by atoms with E-state index in [9.17, 15) is 4.79 Å². The molecule has 0 fully saturated rings. The second-order valence-corrected chi connectivity index (χ2v) is 7.78. The zero-order valence-corrected chi connectivity index (χ0v) is 16.4. The van der Waals surface area contributed by atoms with Crippen molar-refractivity contribution < 1.29 is 9.53 Å². The summed E-state index contributed by atoms with van der Waals surface area (Å²) in [7, 11) is 0. The first-order valence-corrected chi connectivity index (χ1v) is 9.53. The summed E-state index contributed by atoms with van der Waals surface area (Å²) in [5, 5.41) is 14.9. The van der Waals surface area contributed by atoms with Crippen LogP contribution in [-0.4, -0.2) is 25.9 Å². The van der Waals surface area contributed by atoms with Crippen LogP contribution in [0.3, 0.4) is 0 Å². The van der Waals surface area contributed by atoms with Gasteiger partial charge in [0.15, 0.2) is 5.82 Å². The standard InChI is InChI=1S/C18H11Cl2N5O2S/c19-14-10-13(17(20)28-14)18(26)22-11-2-4-12(5-3-11)27-16-7-6-15(23-24-16)25-9-1-8-21-25/h1-10H,(H,22,26). The van der Waals surface area contributed by atoms with Crippen molar-refractivity contribution in [3.05, 3.63) is 75.2 Å². The lowest BCUT2D eigenvalue weighted by Gasteiger charge is -2.07. The first-order valence-electron chi connectivity index (χ1n) is 7.96. The van der Waals surface area contributed by atoms with E-state index in [4.69, 9.17) is 27.9 Å². The number of hydrogen-bond acceptors (Lipinski definition) is 6. The number of anilines is 1. The molecule has 1 aromatic carbocycles. The summed E-state index contributed by atoms with van der Waals surface area (Å²) in [6, 6.07) is 13.6. The molecule has 28 heavy (non-hydrogen) atoms. The Kier molecular flexibility index (Phi) is 5.25. The minimum Gasteiger partial charge on any atom is -0.438 e. The van der Waals surface area contributed by atoms with Crippen LogP contribution in [0.5, 0.6) is 11.6 Å². The minimum absolute atomic E-state index is 0.332. The highest BCUT2D eigenvalue weighted by Crippen LogP contribution is 2.31. The number of benzene rings is 1. The summed E-state index contributed by atoms with van der Waals surface area (Å²) in [6.45, 7) is 0. The third kappa shape index (κ3) is 4.14. The van der Waals surface area contributed by atoms with Crippen molar-refractivity contribution in [2.75, 3.05) is 5.32 Å². The quantitative estimate of drug-likeness (QED) is 0.476. The Morgan fingerprint density at radius 3 is 2.54 bits per heavy atom. The smallest absolute Gasteiger partial charge is 0.258 e. The average molecular weight is 432 g/mol. The topological polar surface area (TPSA) is 81.9 Å². The number of hydrogen-bond donors (Lipinski definition) is 1. The van der Waals surface area contributed by atoms with Crippen molar-refractivity contribution >= 4 is 46.1 Å². The molecule has 1 amide bonds. The molecule has 0 unspecified atom stereocenters. The third-order valence-corrected chi connectivity index (χ3v) is 5.09. The molecule has 0 saturated carbocycles. The molecule has 0 aliphatic heterocycles. The maximum absolute atomic E-state index is 12.2. The average Bonchev–Trinajstić information content (AvgIpc) is 3.33. The first-order chi connectivity index (χ1) is 13.6. The van der Waals surface area contributed by atoms with Gasteiger partial charge in [-0.05, 0) is 42.5 Å². The van der Waals surface area contributed by atoms with Crippen LogP contribution >= 0.6 is 34.5 Å². The van der Waals surface area contributed by atoms with E-state index in [1.807, 2.05) is 0 Å². The molecule has 1 N–H and O–H groups in total. The summed E-state index contributed by atoms with van der Waals surface area (Å²) in [5.41, 5.74) is 0.931. The number of nitrogens with one attached hydrogen (secondary N) is 1. The molecule has 4 aromatic rings. The number of amides is 1. The van der Waals surface area contributed by atoms with Gasteiger partial charge in [0.25, 0.3) is 5.91 Å². The van der Waals surface area contributed by atoms with Crippen molar-refractivity contribution in [3.8, 4) is 17.4 Å². The fourth-order valence-corrected chi connectivity index (χ4v) is 3.77. The highest BCUT2D eigenvalue weighted by Gasteiger charge is 2.14. The molecule has 0 aliphatic carbocycles. The Morgan fingerprint density at radius 1 is 1.11 bits per heavy atom. The van der Waals surface area contributed by atoms with E-state index < -0.39 is 0 Å². The summed E-state index contributed by atoms with van der Waals surface area (Å²) in [6.07, 6.45) is 3.43. The molecule has 0 spiro atoms. The second kappa shape index (κ2) is 7.97. The maximum Gasteiger partial charge on any atom is 0.258 e. The number of rotatable bonds is 5. The number of nitrogens with zero attached hydrogens (tertiary/aromatic N) is 4. The molecule has 4 rings (SSSR count). The van der Waals surface area contributed by atoms with Crippen LogP contribution in [0.1, 0.15) is 10.4 Å². The zero-order valence-electron chi connectivity index (χ0n) is 14.0. The Bertz CT molecular complexity index is 1100. The van der Waals surface area contributed by atoms with Crippen LogP contribution in [0.25, 0.3) is 5.82 Å². The molecule has 0 bridgehead atoms. The zero-order chi connectivity index (χ0) is 19.5. The van der Waals surface area contributed by atoms with E-state index in [-0.39, 0.29) is 5.91 Å². The van der Waals surface area contributed by atoms with Crippen molar-refractivity contribution in [2.24, 2.45) is 0 Å². The molecule has 0 radical (unpaired) electrons. The second-order valence-electron chi connectivity index (χ2n) is 5.50. The molecule has 3 aromatic heterocycles. The fraction of sp³-hybridized carbons (Fsp3) is 0. The van der Waals surface area contributed by atoms with Crippen molar-refractivity contribution in [1.29, 1.82) is 0 Å². The van der Waals surface area contributed by atoms with E-state index in [0.29, 0.717) is 37.4 Å². The molecule has 0 aliphatic rings. The number of ether oxygens (including phenoxy) is 1. The van der Waals surface area contributed by atoms with Gasteiger partial charge in [-0.3, -0.25) is 4.79 Å². The van der Waals surface area contributed by atoms with Gasteiger partial charge in [-0.1, -0.05) is 23.2 Å². The molecular weight excluding hydrogens is 421 g/mol. The molecule has 7 nitrogen and oxygen atoms in total. The van der Waals surface area contributed by atoms with E-state index in [1.54, 1.807) is 59.5 Å². The van der Waals surface area contributed by atoms with Crippen molar-refractivity contribution in [2.45, 2.75) is 0 Å². The van der Waals surface area contributed by atoms with Crippen LogP contribution < -0.4 is 10.1 Å². The van der Waals surface area contributed by atoms with Gasteiger partial charge in [-0.15, -0.1) is 21.5 Å². The van der Waals surface area contributed by atoms with Crippen LogP contribution in [0.2, 0.25) is 8.67 Å². The van der Waals surface area contributed by atoms with Crippen LogP contribution in [0.4, 0.5) is 5.69 Å². The van der Waals surface area contributed by atoms with Gasteiger partial charge in [0.05, 0.1) is 9.90 Å². The molecule has 0 saturated heterocycles. The Labute approximate surface area is 173 Å². The van der Waals surface area contributed by atoms with Crippen molar-refractivity contribution in [1.82, 2.24) is 20.0 Å². The number of carbonyl (C=O) groups excluding carboxylic acids is 1. The van der Waals surface area contributed by atoms with E-state index in [0.717, 1.165) is 11.3 Å². The lowest BCUT2D eigenvalue weighted by molar-refractivity contribution is 0.102. The maximum atomic E-state index is 12.2. The summed E-state index contributed by atoms with van der Waals surface area (Å²) in [4.78, 5) is 12.2. The Hall–Kier alpha value is -2.94. The normalized spacial score (nSPS) is 10.6. The third-order valence-electron chi connectivity index (χ3n) is 3.60. The highest BCUT2D eigenvalue weighted by atomic mass is 35.5. The van der Waals surface area contributed by atoms with Crippen LogP contribution in [0, 0.1) is 0 Å². The van der Waals surface area contributed by atoms with Gasteiger partial charge in [0, 0.05) is 24.1 Å². The Balaban J connectivity index is 1.40. The predicted octanol–water partition coefficient (Wildman–Crippen LogP) is 5.08. The van der Waals surface area contributed by atoms with Gasteiger partial charge in [0.1, 0.15) is 10.1 Å². The lowest BCUT2D eigenvalue weighted by Crippen LogP contribution is -2.11. The van der Waals surface area contributed by atoms with Gasteiger partial charge >= 0.3 is 0 Å². The molecule has 10 heteroatoms. The Morgan fingerprint density at radius 2 is 1.93 bits per heavy atom. The van der Waals surface area contributed by atoms with E-state index >= 15 is 0 Å². The largest absolute Gasteiger partial charge is 0.438 e. The number of thiophene rings is 1. The lowest BCUT2D eigenvalue weighted by atomic mass is 10.2. The fourth-order valence-electron chi connectivity index (χ4n) is 2.31. The summed E-state index contributed by atoms with van der Waals surface area (Å²) in [5.74, 6) is 1.15. The molecular formula is C18H11Cl2N5O2S. The summed E-state index contributed by atoms with van der Waals surface area (Å²) >= 11 is 13.0. The van der Waals surface area contributed by atoms with Crippen LogP contribution in [-0.2, 0) is 0 Å². The van der Waals surface area contributed by atoms with Gasteiger partial charge in [-0.25, -0.2) is 4.68 Å². The number of halogens is 2. The van der Waals surface area contributed by atoms with E-state index in [1.165, 1.54) is 6.07 Å². The predicted molar refractivity (Wildman–Crippen MR) is 108 cm³/mol. The van der Waals surface area contributed by atoms with Gasteiger partial charge < -0.3 is 10.1 Å². The number of carbonyl (C=O) groups is 1. The SMILES string of the molecule is O=C(Nc1ccc(Oc2ccc(-n3cccn3)nn2)cc1)c1cc(Cl)sc1Cl. The van der Waals surface area contributed by atoms with Crippen LogP contribution in [0.15, 0.2) is 60.9 Å². The van der Waals surface area contributed by atoms with Gasteiger partial charge in [-0.2, -0.15) is 5.10 Å². The molecule has 140 valence electrons. The molecule has 0 atom stereocenters. The number of aromatic nitrogens is 4. The minimum atomic E-state index is -0.332. The van der Waals surface area contributed by atoms with Crippen molar-refractivity contribution in [3.63, 3.8) is 0 Å². The first kappa shape index (κ1) is 18.4.